The summed E-state index contributed by atoms with van der Waals surface area (Å²) < 4.78 is 0. The molecule has 18 heavy (non-hydrogen) atoms. The van der Waals surface area contributed by atoms with Crippen molar-refractivity contribution in [1.82, 2.24) is 10.2 Å². The Morgan fingerprint density at radius 1 is 1.22 bits per heavy atom. The van der Waals surface area contributed by atoms with Gasteiger partial charge in [-0.2, -0.15) is 0 Å². The number of carboxylic acids is 1. The molecular weight excluding hydrogens is 240 g/mol. The Morgan fingerprint density at radius 3 is 2.22 bits per heavy atom. The van der Waals surface area contributed by atoms with Gasteiger partial charge in [-0.05, 0) is 20.3 Å². The van der Waals surface area contributed by atoms with E-state index < -0.39 is 18.0 Å². The van der Waals surface area contributed by atoms with Gasteiger partial charge in [-0.15, -0.1) is 0 Å². The van der Waals surface area contributed by atoms with Gasteiger partial charge in [0.2, 0.25) is 0 Å². The molecule has 7 heteroatoms. The van der Waals surface area contributed by atoms with Gasteiger partial charge in [0, 0.05) is 32.2 Å². The number of aliphatic hydroxyl groups is 2. The molecule has 2 amide bonds. The largest absolute Gasteiger partial charge is 0.480 e. The van der Waals surface area contributed by atoms with E-state index in [9.17, 15) is 9.59 Å². The summed E-state index contributed by atoms with van der Waals surface area (Å²) in [6, 6.07) is -1.70. The summed E-state index contributed by atoms with van der Waals surface area (Å²) in [5, 5.41) is 28.7. The SMILES string of the molecule is CC(C)N(CCCO)C(=O)NC(CCO)C(=O)O. The maximum atomic E-state index is 11.9. The van der Waals surface area contributed by atoms with Crippen molar-refractivity contribution in [2.45, 2.75) is 38.8 Å². The lowest BCUT2D eigenvalue weighted by Crippen LogP contribution is -2.50. The lowest BCUT2D eigenvalue weighted by Gasteiger charge is -2.28. The summed E-state index contributed by atoms with van der Waals surface area (Å²) in [5.41, 5.74) is 0. The second kappa shape index (κ2) is 8.71. The van der Waals surface area contributed by atoms with Gasteiger partial charge in [-0.3, -0.25) is 0 Å². The van der Waals surface area contributed by atoms with E-state index in [2.05, 4.69) is 5.32 Å². The Balaban J connectivity index is 4.51. The summed E-state index contributed by atoms with van der Waals surface area (Å²) >= 11 is 0. The Hall–Kier alpha value is -1.34. The Kier molecular flexibility index (Phi) is 8.06. The minimum absolute atomic E-state index is 0.0322. The molecule has 0 radical (unpaired) electrons. The van der Waals surface area contributed by atoms with Gasteiger partial charge >= 0.3 is 12.0 Å². The predicted octanol–water partition coefficient (Wildman–Crippen LogP) is -0.376. The molecule has 1 unspecified atom stereocenters. The van der Waals surface area contributed by atoms with Crippen molar-refractivity contribution in [2.75, 3.05) is 19.8 Å². The second-order valence-corrected chi connectivity index (χ2v) is 4.22. The highest BCUT2D eigenvalue weighted by Gasteiger charge is 2.23. The molecule has 0 aliphatic heterocycles. The average Bonchev–Trinajstić information content (AvgIpc) is 2.28. The first-order chi connectivity index (χ1) is 8.43. The Bertz CT molecular complexity index is 270. The predicted molar refractivity (Wildman–Crippen MR) is 65.2 cm³/mol. The lowest BCUT2D eigenvalue weighted by molar-refractivity contribution is -0.139. The molecule has 0 spiro atoms. The van der Waals surface area contributed by atoms with Crippen molar-refractivity contribution >= 4 is 12.0 Å². The fourth-order valence-electron chi connectivity index (χ4n) is 1.45. The van der Waals surface area contributed by atoms with Crippen LogP contribution >= 0.6 is 0 Å². The van der Waals surface area contributed by atoms with Crippen LogP contribution in [0.1, 0.15) is 26.7 Å². The van der Waals surface area contributed by atoms with Gasteiger partial charge in [-0.25, -0.2) is 9.59 Å². The molecule has 0 aliphatic carbocycles. The van der Waals surface area contributed by atoms with Crippen LogP contribution in [0.15, 0.2) is 0 Å². The fraction of sp³-hybridized carbons (Fsp3) is 0.818. The van der Waals surface area contributed by atoms with Crippen molar-refractivity contribution < 1.29 is 24.9 Å². The zero-order valence-corrected chi connectivity index (χ0v) is 10.8. The summed E-state index contributed by atoms with van der Waals surface area (Å²) in [4.78, 5) is 24.2. The number of hydrogen-bond acceptors (Lipinski definition) is 4. The number of carbonyl (C=O) groups excluding carboxylic acids is 1. The van der Waals surface area contributed by atoms with Crippen molar-refractivity contribution in [3.8, 4) is 0 Å². The first kappa shape index (κ1) is 16.7. The normalized spacial score (nSPS) is 12.3. The van der Waals surface area contributed by atoms with Crippen LogP contribution < -0.4 is 5.32 Å². The Labute approximate surface area is 106 Å². The fourth-order valence-corrected chi connectivity index (χ4v) is 1.45. The number of carboxylic acid groups (broad SMARTS) is 1. The van der Waals surface area contributed by atoms with Crippen molar-refractivity contribution in [1.29, 1.82) is 0 Å². The molecular formula is C11H22N2O5. The number of aliphatic carboxylic acids is 1. The molecule has 0 aromatic rings. The lowest BCUT2D eigenvalue weighted by atomic mass is 10.2. The third-order valence-corrected chi connectivity index (χ3v) is 2.45. The molecule has 0 saturated heterocycles. The number of hydrogen-bond donors (Lipinski definition) is 4. The number of nitrogens with zero attached hydrogens (tertiary/aromatic N) is 1. The van der Waals surface area contributed by atoms with Gasteiger partial charge in [0.05, 0.1) is 0 Å². The first-order valence-electron chi connectivity index (χ1n) is 5.95. The van der Waals surface area contributed by atoms with E-state index in [1.165, 1.54) is 4.90 Å². The van der Waals surface area contributed by atoms with Gasteiger partial charge in [0.1, 0.15) is 6.04 Å². The molecule has 4 N–H and O–H groups in total. The van der Waals surface area contributed by atoms with E-state index in [1.807, 2.05) is 0 Å². The van der Waals surface area contributed by atoms with Crippen LogP contribution in [0.4, 0.5) is 4.79 Å². The van der Waals surface area contributed by atoms with Crippen LogP contribution in [0, 0.1) is 0 Å². The molecule has 106 valence electrons. The number of nitrogens with one attached hydrogen (secondary N) is 1. The highest BCUT2D eigenvalue weighted by atomic mass is 16.4. The van der Waals surface area contributed by atoms with E-state index in [0.717, 1.165) is 0 Å². The van der Waals surface area contributed by atoms with Crippen molar-refractivity contribution in [2.24, 2.45) is 0 Å². The quantitative estimate of drug-likeness (QED) is 0.477. The highest BCUT2D eigenvalue weighted by molar-refractivity contribution is 5.82. The molecule has 0 fully saturated rings. The molecule has 0 aromatic heterocycles. The summed E-state index contributed by atoms with van der Waals surface area (Å²) in [6.07, 6.45) is 0.399. The summed E-state index contributed by atoms with van der Waals surface area (Å²) in [6.45, 7) is 3.62. The van der Waals surface area contributed by atoms with Gasteiger partial charge < -0.3 is 25.5 Å². The monoisotopic (exact) mass is 262 g/mol. The molecule has 7 nitrogen and oxygen atoms in total. The van der Waals surface area contributed by atoms with E-state index in [4.69, 9.17) is 15.3 Å². The van der Waals surface area contributed by atoms with Crippen molar-refractivity contribution in [3.05, 3.63) is 0 Å². The van der Waals surface area contributed by atoms with E-state index >= 15 is 0 Å². The zero-order valence-electron chi connectivity index (χ0n) is 10.8. The van der Waals surface area contributed by atoms with Crippen LogP contribution in [0.2, 0.25) is 0 Å². The van der Waals surface area contributed by atoms with Crippen LogP contribution in [0.5, 0.6) is 0 Å². The van der Waals surface area contributed by atoms with Crippen LogP contribution in [0.25, 0.3) is 0 Å². The van der Waals surface area contributed by atoms with Crippen LogP contribution in [0.3, 0.4) is 0 Å². The molecule has 1 atom stereocenters. The number of aliphatic hydroxyl groups excluding tert-OH is 2. The molecule has 0 bridgehead atoms. The third kappa shape index (κ3) is 5.83. The third-order valence-electron chi connectivity index (χ3n) is 2.45. The molecule has 0 rings (SSSR count). The minimum atomic E-state index is -1.18. The smallest absolute Gasteiger partial charge is 0.326 e. The van der Waals surface area contributed by atoms with Gasteiger partial charge in [-0.1, -0.05) is 0 Å². The molecule has 0 aliphatic rings. The van der Waals surface area contributed by atoms with Crippen LogP contribution in [-0.4, -0.2) is 64.1 Å². The highest BCUT2D eigenvalue weighted by Crippen LogP contribution is 2.02. The number of urea groups is 1. The van der Waals surface area contributed by atoms with E-state index in [0.29, 0.717) is 13.0 Å². The molecule has 0 aromatic carbocycles. The maximum Gasteiger partial charge on any atom is 0.326 e. The minimum Gasteiger partial charge on any atom is -0.480 e. The number of rotatable bonds is 8. The van der Waals surface area contributed by atoms with Crippen LogP contribution in [-0.2, 0) is 4.79 Å². The number of carbonyl (C=O) groups is 2. The molecule has 0 heterocycles. The van der Waals surface area contributed by atoms with Gasteiger partial charge in [0.25, 0.3) is 0 Å². The topological polar surface area (TPSA) is 110 Å². The standard InChI is InChI=1S/C11H22N2O5/c1-8(2)13(5-3-6-14)11(18)12-9(4-7-15)10(16)17/h8-9,14-15H,3-7H2,1-2H3,(H,12,18)(H,16,17). The maximum absolute atomic E-state index is 11.9. The van der Waals surface area contributed by atoms with E-state index in [1.54, 1.807) is 13.8 Å². The Morgan fingerprint density at radius 2 is 1.83 bits per heavy atom. The second-order valence-electron chi connectivity index (χ2n) is 4.22. The first-order valence-corrected chi connectivity index (χ1v) is 5.95. The zero-order chi connectivity index (χ0) is 14.1. The van der Waals surface area contributed by atoms with E-state index in [-0.39, 0.29) is 25.7 Å². The van der Waals surface area contributed by atoms with Crippen molar-refractivity contribution in [3.63, 3.8) is 0 Å². The summed E-state index contributed by atoms with van der Waals surface area (Å²) in [5.74, 6) is -1.18. The van der Waals surface area contributed by atoms with Gasteiger partial charge in [0.15, 0.2) is 0 Å². The number of amides is 2. The summed E-state index contributed by atoms with van der Waals surface area (Å²) in [7, 11) is 0. The molecule has 0 saturated carbocycles. The average molecular weight is 262 g/mol.